The predicted octanol–water partition coefficient (Wildman–Crippen LogP) is 0.655. The fourth-order valence-electron chi connectivity index (χ4n) is 1.84. The molecule has 0 aromatic carbocycles. The van der Waals surface area contributed by atoms with Gasteiger partial charge in [-0.1, -0.05) is 13.3 Å². The SMILES string of the molecule is CCCCNC(=O)CNCC1(CCO)CC1. The Morgan fingerprint density at radius 1 is 1.44 bits per heavy atom. The molecule has 0 saturated heterocycles. The summed E-state index contributed by atoms with van der Waals surface area (Å²) in [5.41, 5.74) is 0.290. The van der Waals surface area contributed by atoms with Crippen molar-refractivity contribution < 1.29 is 9.90 Å². The van der Waals surface area contributed by atoms with Crippen LogP contribution in [0.15, 0.2) is 0 Å². The molecule has 0 heterocycles. The minimum absolute atomic E-state index is 0.0771. The summed E-state index contributed by atoms with van der Waals surface area (Å²) in [5.74, 6) is 0.0771. The smallest absolute Gasteiger partial charge is 0.233 e. The van der Waals surface area contributed by atoms with E-state index in [4.69, 9.17) is 5.11 Å². The van der Waals surface area contributed by atoms with Gasteiger partial charge in [-0.05, 0) is 31.1 Å². The Morgan fingerprint density at radius 2 is 2.19 bits per heavy atom. The third-order valence-electron chi connectivity index (χ3n) is 3.24. The van der Waals surface area contributed by atoms with Crippen LogP contribution in [0.3, 0.4) is 0 Å². The summed E-state index contributed by atoms with van der Waals surface area (Å²) in [5, 5.41) is 14.9. The zero-order chi connectivity index (χ0) is 11.9. The van der Waals surface area contributed by atoms with Gasteiger partial charge in [-0.3, -0.25) is 4.79 Å². The second-order valence-electron chi connectivity index (χ2n) is 4.78. The van der Waals surface area contributed by atoms with Gasteiger partial charge in [0.15, 0.2) is 0 Å². The third-order valence-corrected chi connectivity index (χ3v) is 3.24. The van der Waals surface area contributed by atoms with Crippen molar-refractivity contribution in [2.75, 3.05) is 26.2 Å². The minimum atomic E-state index is 0.0771. The number of hydrogen-bond donors (Lipinski definition) is 3. The van der Waals surface area contributed by atoms with Gasteiger partial charge in [-0.2, -0.15) is 0 Å². The Morgan fingerprint density at radius 3 is 2.75 bits per heavy atom. The van der Waals surface area contributed by atoms with Gasteiger partial charge in [-0.25, -0.2) is 0 Å². The Hall–Kier alpha value is -0.610. The molecule has 0 radical (unpaired) electrons. The second-order valence-corrected chi connectivity index (χ2v) is 4.78. The Kier molecular flexibility index (Phi) is 5.77. The lowest BCUT2D eigenvalue weighted by Crippen LogP contribution is -2.37. The van der Waals surface area contributed by atoms with Gasteiger partial charge < -0.3 is 15.7 Å². The van der Waals surface area contributed by atoms with E-state index < -0.39 is 0 Å². The number of aliphatic hydroxyl groups is 1. The van der Waals surface area contributed by atoms with Crippen molar-refractivity contribution in [1.82, 2.24) is 10.6 Å². The quantitative estimate of drug-likeness (QED) is 0.508. The Balaban J connectivity index is 2.00. The van der Waals surface area contributed by atoms with Crippen molar-refractivity contribution in [3.63, 3.8) is 0 Å². The lowest BCUT2D eigenvalue weighted by Gasteiger charge is -2.14. The highest BCUT2D eigenvalue weighted by Crippen LogP contribution is 2.47. The molecule has 3 N–H and O–H groups in total. The largest absolute Gasteiger partial charge is 0.396 e. The summed E-state index contributed by atoms with van der Waals surface area (Å²) in [7, 11) is 0. The zero-order valence-corrected chi connectivity index (χ0v) is 10.2. The van der Waals surface area contributed by atoms with E-state index in [2.05, 4.69) is 17.6 Å². The van der Waals surface area contributed by atoms with Crippen LogP contribution in [0.4, 0.5) is 0 Å². The van der Waals surface area contributed by atoms with Gasteiger partial charge in [-0.15, -0.1) is 0 Å². The molecule has 16 heavy (non-hydrogen) atoms. The van der Waals surface area contributed by atoms with Gasteiger partial charge >= 0.3 is 0 Å². The van der Waals surface area contributed by atoms with E-state index >= 15 is 0 Å². The van der Waals surface area contributed by atoms with Crippen molar-refractivity contribution >= 4 is 5.91 Å². The molecule has 1 fully saturated rings. The number of rotatable bonds is 9. The van der Waals surface area contributed by atoms with E-state index in [0.29, 0.717) is 12.0 Å². The maximum Gasteiger partial charge on any atom is 0.233 e. The lowest BCUT2D eigenvalue weighted by atomic mass is 10.0. The molecule has 0 spiro atoms. The molecule has 4 nitrogen and oxygen atoms in total. The van der Waals surface area contributed by atoms with E-state index in [9.17, 15) is 4.79 Å². The molecule has 0 atom stereocenters. The van der Waals surface area contributed by atoms with Crippen LogP contribution in [0, 0.1) is 5.41 Å². The first-order chi connectivity index (χ1) is 7.72. The topological polar surface area (TPSA) is 61.4 Å². The van der Waals surface area contributed by atoms with Crippen LogP contribution in [0.1, 0.15) is 39.0 Å². The van der Waals surface area contributed by atoms with E-state index in [1.54, 1.807) is 0 Å². The molecule has 1 saturated carbocycles. The third kappa shape index (κ3) is 4.94. The van der Waals surface area contributed by atoms with Crippen molar-refractivity contribution in [1.29, 1.82) is 0 Å². The zero-order valence-electron chi connectivity index (χ0n) is 10.2. The van der Waals surface area contributed by atoms with Gasteiger partial charge in [0.2, 0.25) is 5.91 Å². The fourth-order valence-corrected chi connectivity index (χ4v) is 1.84. The van der Waals surface area contributed by atoms with E-state index in [1.165, 1.54) is 12.8 Å². The Labute approximate surface area is 97.8 Å². The first-order valence-electron chi connectivity index (χ1n) is 6.31. The van der Waals surface area contributed by atoms with Gasteiger partial charge in [0.05, 0.1) is 6.54 Å². The highest BCUT2D eigenvalue weighted by Gasteiger charge is 2.41. The monoisotopic (exact) mass is 228 g/mol. The van der Waals surface area contributed by atoms with Crippen LogP contribution in [-0.4, -0.2) is 37.3 Å². The molecular weight excluding hydrogens is 204 g/mol. The molecule has 0 unspecified atom stereocenters. The number of hydrogen-bond acceptors (Lipinski definition) is 3. The van der Waals surface area contributed by atoms with Crippen molar-refractivity contribution in [2.24, 2.45) is 5.41 Å². The highest BCUT2D eigenvalue weighted by molar-refractivity contribution is 5.77. The maximum absolute atomic E-state index is 11.4. The summed E-state index contributed by atoms with van der Waals surface area (Å²) >= 11 is 0. The molecule has 1 amide bonds. The van der Waals surface area contributed by atoms with Gasteiger partial charge in [0.25, 0.3) is 0 Å². The van der Waals surface area contributed by atoms with Crippen molar-refractivity contribution in [2.45, 2.75) is 39.0 Å². The van der Waals surface area contributed by atoms with Crippen LogP contribution >= 0.6 is 0 Å². The van der Waals surface area contributed by atoms with Gasteiger partial charge in [0, 0.05) is 19.7 Å². The molecule has 0 aromatic rings. The molecule has 4 heteroatoms. The molecule has 0 aromatic heterocycles. The number of nitrogens with one attached hydrogen (secondary N) is 2. The molecular formula is C12H24N2O2. The van der Waals surface area contributed by atoms with Crippen LogP contribution in [0.25, 0.3) is 0 Å². The fraction of sp³-hybridized carbons (Fsp3) is 0.917. The molecule has 1 aliphatic carbocycles. The number of unbranched alkanes of at least 4 members (excludes halogenated alkanes) is 1. The molecule has 1 rings (SSSR count). The first-order valence-corrected chi connectivity index (χ1v) is 6.31. The average Bonchev–Trinajstić information content (AvgIpc) is 2.99. The first kappa shape index (κ1) is 13.5. The second kappa shape index (κ2) is 6.86. The predicted molar refractivity (Wildman–Crippen MR) is 64.2 cm³/mol. The number of aliphatic hydroxyl groups excluding tert-OH is 1. The van der Waals surface area contributed by atoms with E-state index in [0.717, 1.165) is 32.4 Å². The number of amides is 1. The van der Waals surface area contributed by atoms with E-state index in [1.807, 2.05) is 0 Å². The van der Waals surface area contributed by atoms with Crippen LogP contribution in [0.2, 0.25) is 0 Å². The summed E-state index contributed by atoms with van der Waals surface area (Å²) in [6.45, 7) is 4.39. The van der Waals surface area contributed by atoms with Gasteiger partial charge in [0.1, 0.15) is 0 Å². The normalized spacial score (nSPS) is 17.1. The molecule has 0 aliphatic heterocycles. The maximum atomic E-state index is 11.4. The molecule has 0 bridgehead atoms. The summed E-state index contributed by atoms with van der Waals surface area (Å²) in [6.07, 6.45) is 5.36. The summed E-state index contributed by atoms with van der Waals surface area (Å²) in [4.78, 5) is 11.4. The van der Waals surface area contributed by atoms with Crippen molar-refractivity contribution in [3.8, 4) is 0 Å². The van der Waals surface area contributed by atoms with Crippen LogP contribution in [-0.2, 0) is 4.79 Å². The summed E-state index contributed by atoms with van der Waals surface area (Å²) < 4.78 is 0. The van der Waals surface area contributed by atoms with Crippen LogP contribution < -0.4 is 10.6 Å². The standard InChI is InChI=1S/C12H24N2O2/c1-2-3-7-14-11(16)9-13-10-12(4-5-12)6-8-15/h13,15H,2-10H2,1H3,(H,14,16). The van der Waals surface area contributed by atoms with Crippen LogP contribution in [0.5, 0.6) is 0 Å². The number of carbonyl (C=O) groups is 1. The minimum Gasteiger partial charge on any atom is -0.396 e. The molecule has 1 aliphatic rings. The lowest BCUT2D eigenvalue weighted by molar-refractivity contribution is -0.120. The number of carbonyl (C=O) groups excluding carboxylic acids is 1. The van der Waals surface area contributed by atoms with E-state index in [-0.39, 0.29) is 12.5 Å². The van der Waals surface area contributed by atoms with Crippen molar-refractivity contribution in [3.05, 3.63) is 0 Å². The summed E-state index contributed by atoms with van der Waals surface area (Å²) in [6, 6.07) is 0. The Bertz CT molecular complexity index is 215. The average molecular weight is 228 g/mol. The highest BCUT2D eigenvalue weighted by atomic mass is 16.3. The molecule has 94 valence electrons.